The zero-order chi connectivity index (χ0) is 13.8. The van der Waals surface area contributed by atoms with Gasteiger partial charge in [-0.05, 0) is 30.7 Å². The predicted octanol–water partition coefficient (Wildman–Crippen LogP) is 2.46. The average Bonchev–Trinajstić information content (AvgIpc) is 2.37. The molecule has 2 N–H and O–H groups in total. The number of aromatic nitrogens is 1. The Morgan fingerprint density at radius 1 is 1.37 bits per heavy atom. The molecule has 0 aliphatic rings. The van der Waals surface area contributed by atoms with Crippen molar-refractivity contribution >= 4 is 11.4 Å². The second-order valence-electron chi connectivity index (χ2n) is 4.08. The van der Waals surface area contributed by atoms with Crippen LogP contribution >= 0.6 is 0 Å². The summed E-state index contributed by atoms with van der Waals surface area (Å²) in [5, 5.41) is 10.6. The molecule has 2 aromatic rings. The lowest BCUT2D eigenvalue weighted by Gasteiger charge is -2.08. The average molecular weight is 259 g/mol. The number of anilines is 1. The number of aryl methyl sites for hydroxylation is 1. The van der Waals surface area contributed by atoms with E-state index < -0.39 is 4.92 Å². The van der Waals surface area contributed by atoms with Gasteiger partial charge in [-0.15, -0.1) is 0 Å². The first kappa shape index (κ1) is 12.8. The van der Waals surface area contributed by atoms with E-state index >= 15 is 0 Å². The zero-order valence-electron chi connectivity index (χ0n) is 10.4. The van der Waals surface area contributed by atoms with Gasteiger partial charge in [0.1, 0.15) is 12.4 Å². The third-order valence-corrected chi connectivity index (χ3v) is 2.59. The summed E-state index contributed by atoms with van der Waals surface area (Å²) in [5.74, 6) is 0.592. The lowest BCUT2D eigenvalue weighted by molar-refractivity contribution is -0.384. The van der Waals surface area contributed by atoms with Gasteiger partial charge in [0.15, 0.2) is 0 Å². The minimum Gasteiger partial charge on any atom is -0.487 e. The number of ether oxygens (including phenoxy) is 1. The first-order valence-corrected chi connectivity index (χ1v) is 5.64. The van der Waals surface area contributed by atoms with Crippen LogP contribution in [0, 0.1) is 17.0 Å². The number of nitrogens with two attached hydrogens (primary N) is 1. The molecule has 0 fully saturated rings. The van der Waals surface area contributed by atoms with Crippen molar-refractivity contribution in [1.29, 1.82) is 0 Å². The smallest absolute Gasteiger partial charge is 0.269 e. The van der Waals surface area contributed by atoms with Gasteiger partial charge in [-0.1, -0.05) is 0 Å². The lowest BCUT2D eigenvalue weighted by Crippen LogP contribution is -2.00. The molecule has 2 rings (SSSR count). The first-order valence-electron chi connectivity index (χ1n) is 5.64. The second kappa shape index (κ2) is 5.34. The van der Waals surface area contributed by atoms with E-state index in [0.29, 0.717) is 22.7 Å². The number of hydrogen-bond donors (Lipinski definition) is 1. The van der Waals surface area contributed by atoms with Crippen LogP contribution in [0.2, 0.25) is 0 Å². The van der Waals surface area contributed by atoms with Gasteiger partial charge in [0.05, 0.1) is 10.6 Å². The van der Waals surface area contributed by atoms with E-state index in [1.807, 2.05) is 0 Å². The van der Waals surface area contributed by atoms with Crippen LogP contribution in [0.5, 0.6) is 5.75 Å². The first-order chi connectivity index (χ1) is 9.06. The van der Waals surface area contributed by atoms with Gasteiger partial charge in [0.2, 0.25) is 0 Å². The van der Waals surface area contributed by atoms with Crippen molar-refractivity contribution in [2.45, 2.75) is 13.5 Å². The van der Waals surface area contributed by atoms with E-state index in [1.165, 1.54) is 12.1 Å². The summed E-state index contributed by atoms with van der Waals surface area (Å²) < 4.78 is 5.57. The molecule has 0 saturated heterocycles. The van der Waals surface area contributed by atoms with Gasteiger partial charge in [0, 0.05) is 24.0 Å². The Labute approximate surface area is 110 Å². The summed E-state index contributed by atoms with van der Waals surface area (Å²) in [4.78, 5) is 14.3. The molecule has 0 aliphatic carbocycles. The SMILES string of the molecule is Cc1cc([N+](=O)[O-])ccc1OCc1cc(N)ccn1. The van der Waals surface area contributed by atoms with Crippen molar-refractivity contribution in [2.24, 2.45) is 0 Å². The Morgan fingerprint density at radius 2 is 2.16 bits per heavy atom. The molecule has 98 valence electrons. The Bertz CT molecular complexity index is 614. The molecule has 0 amide bonds. The molecule has 0 bridgehead atoms. The van der Waals surface area contributed by atoms with Crippen molar-refractivity contribution < 1.29 is 9.66 Å². The molecule has 0 radical (unpaired) electrons. The molecular formula is C13H13N3O3. The van der Waals surface area contributed by atoms with Crippen molar-refractivity contribution in [1.82, 2.24) is 4.98 Å². The predicted molar refractivity (Wildman–Crippen MR) is 70.8 cm³/mol. The van der Waals surface area contributed by atoms with E-state index in [9.17, 15) is 10.1 Å². The van der Waals surface area contributed by atoms with Crippen molar-refractivity contribution in [2.75, 3.05) is 5.73 Å². The topological polar surface area (TPSA) is 91.3 Å². The number of pyridine rings is 1. The monoisotopic (exact) mass is 259 g/mol. The number of hydrogen-bond acceptors (Lipinski definition) is 5. The van der Waals surface area contributed by atoms with E-state index in [-0.39, 0.29) is 12.3 Å². The fraction of sp³-hybridized carbons (Fsp3) is 0.154. The normalized spacial score (nSPS) is 10.2. The van der Waals surface area contributed by atoms with E-state index in [4.69, 9.17) is 10.5 Å². The standard InChI is InChI=1S/C13H13N3O3/c1-9-6-12(16(17)18)2-3-13(9)19-8-11-7-10(14)4-5-15-11/h2-7H,8H2,1H3,(H2,14,15). The summed E-state index contributed by atoms with van der Waals surface area (Å²) in [6.45, 7) is 2.03. The van der Waals surface area contributed by atoms with Crippen molar-refractivity contribution in [3.63, 3.8) is 0 Å². The second-order valence-corrected chi connectivity index (χ2v) is 4.08. The number of benzene rings is 1. The quantitative estimate of drug-likeness (QED) is 0.672. The van der Waals surface area contributed by atoms with E-state index in [0.717, 1.165) is 0 Å². The third-order valence-electron chi connectivity index (χ3n) is 2.59. The Kier molecular flexibility index (Phi) is 3.61. The highest BCUT2D eigenvalue weighted by Crippen LogP contribution is 2.23. The lowest BCUT2D eigenvalue weighted by atomic mass is 10.2. The molecule has 0 spiro atoms. The highest BCUT2D eigenvalue weighted by Gasteiger charge is 2.09. The molecule has 6 nitrogen and oxygen atoms in total. The van der Waals surface area contributed by atoms with Gasteiger partial charge in [-0.25, -0.2) is 0 Å². The molecule has 0 unspecified atom stereocenters. The van der Waals surface area contributed by atoms with Crippen LogP contribution in [0.25, 0.3) is 0 Å². The Balaban J connectivity index is 2.10. The third kappa shape index (κ3) is 3.19. The summed E-state index contributed by atoms with van der Waals surface area (Å²) in [5.41, 5.74) is 7.72. The molecule has 19 heavy (non-hydrogen) atoms. The van der Waals surface area contributed by atoms with Crippen molar-refractivity contribution in [3.8, 4) is 5.75 Å². The highest BCUT2D eigenvalue weighted by atomic mass is 16.6. The largest absolute Gasteiger partial charge is 0.487 e. The number of rotatable bonds is 4. The Hall–Kier alpha value is -2.63. The summed E-state index contributed by atoms with van der Waals surface area (Å²) >= 11 is 0. The molecule has 6 heteroatoms. The maximum absolute atomic E-state index is 10.6. The van der Waals surface area contributed by atoms with Gasteiger partial charge >= 0.3 is 0 Å². The summed E-state index contributed by atoms with van der Waals surface area (Å²) in [6, 6.07) is 7.89. The van der Waals surface area contributed by atoms with E-state index in [2.05, 4.69) is 4.98 Å². The van der Waals surface area contributed by atoms with Crippen LogP contribution in [0.1, 0.15) is 11.3 Å². The van der Waals surface area contributed by atoms with Gasteiger partial charge < -0.3 is 10.5 Å². The van der Waals surface area contributed by atoms with E-state index in [1.54, 1.807) is 31.3 Å². The minimum absolute atomic E-state index is 0.0481. The molecular weight excluding hydrogens is 246 g/mol. The number of nitrogen functional groups attached to an aromatic ring is 1. The van der Waals surface area contributed by atoms with Crippen LogP contribution in [-0.2, 0) is 6.61 Å². The van der Waals surface area contributed by atoms with Crippen LogP contribution in [0.3, 0.4) is 0 Å². The summed E-state index contributed by atoms with van der Waals surface area (Å²) in [6.07, 6.45) is 1.61. The fourth-order valence-corrected chi connectivity index (χ4v) is 1.64. The van der Waals surface area contributed by atoms with Crippen LogP contribution in [-0.4, -0.2) is 9.91 Å². The Morgan fingerprint density at radius 3 is 2.79 bits per heavy atom. The summed E-state index contributed by atoms with van der Waals surface area (Å²) in [7, 11) is 0. The minimum atomic E-state index is -0.434. The maximum Gasteiger partial charge on any atom is 0.269 e. The molecule has 0 atom stereocenters. The van der Waals surface area contributed by atoms with Gasteiger partial charge in [-0.3, -0.25) is 15.1 Å². The van der Waals surface area contributed by atoms with Crippen LogP contribution in [0.15, 0.2) is 36.5 Å². The van der Waals surface area contributed by atoms with Crippen molar-refractivity contribution in [3.05, 3.63) is 57.9 Å². The molecule has 0 aliphatic heterocycles. The zero-order valence-corrected chi connectivity index (χ0v) is 10.4. The van der Waals surface area contributed by atoms with Crippen LogP contribution in [0.4, 0.5) is 11.4 Å². The van der Waals surface area contributed by atoms with Gasteiger partial charge in [0.25, 0.3) is 5.69 Å². The molecule has 1 heterocycles. The number of nitro benzene ring substituents is 1. The molecule has 1 aromatic carbocycles. The van der Waals surface area contributed by atoms with Gasteiger partial charge in [-0.2, -0.15) is 0 Å². The van der Waals surface area contributed by atoms with Crippen LogP contribution < -0.4 is 10.5 Å². The fourth-order valence-electron chi connectivity index (χ4n) is 1.64. The molecule has 0 saturated carbocycles. The number of nitrogens with zero attached hydrogens (tertiary/aromatic N) is 2. The number of nitro groups is 1. The number of non-ortho nitro benzene ring substituents is 1. The highest BCUT2D eigenvalue weighted by molar-refractivity contribution is 5.43. The maximum atomic E-state index is 10.6. The molecule has 1 aromatic heterocycles.